The number of amides is 1. The van der Waals surface area contributed by atoms with Gasteiger partial charge in [0.05, 0.1) is 5.69 Å². The summed E-state index contributed by atoms with van der Waals surface area (Å²) in [5.74, 6) is 0.459. The van der Waals surface area contributed by atoms with Crippen LogP contribution in [-0.4, -0.2) is 17.9 Å². The number of nitrogens with one attached hydrogen (secondary N) is 1. The maximum Gasteiger partial charge on any atom is 0.275 e. The average molecular weight is 354 g/mol. The maximum atomic E-state index is 12.6. The Morgan fingerprint density at radius 3 is 2.48 bits per heavy atom. The molecule has 0 atom stereocenters. The third-order valence-corrected chi connectivity index (χ3v) is 3.71. The van der Waals surface area contributed by atoms with Gasteiger partial charge < -0.3 is 4.74 Å². The Morgan fingerprint density at radius 2 is 1.76 bits per heavy atom. The van der Waals surface area contributed by atoms with Crippen molar-refractivity contribution in [3.8, 4) is 11.6 Å². The first kappa shape index (κ1) is 16.8. The monoisotopic (exact) mass is 353 g/mol. The SMILES string of the molecule is CN(NC(=O)c1cccnc1Oc1ccc(Cl)cc1)c1ccccc1. The average Bonchev–Trinajstić information content (AvgIpc) is 2.64. The highest BCUT2D eigenvalue weighted by Gasteiger charge is 2.16. The molecule has 0 aliphatic rings. The summed E-state index contributed by atoms with van der Waals surface area (Å²) in [7, 11) is 1.77. The van der Waals surface area contributed by atoms with Gasteiger partial charge in [-0.25, -0.2) is 4.98 Å². The third-order valence-electron chi connectivity index (χ3n) is 3.46. The van der Waals surface area contributed by atoms with Crippen molar-refractivity contribution in [2.45, 2.75) is 0 Å². The number of aromatic nitrogens is 1. The van der Waals surface area contributed by atoms with Crippen LogP contribution < -0.4 is 15.2 Å². The van der Waals surface area contributed by atoms with Crippen LogP contribution in [0.5, 0.6) is 11.6 Å². The zero-order chi connectivity index (χ0) is 17.6. The number of pyridine rings is 1. The first-order chi connectivity index (χ1) is 12.1. The summed E-state index contributed by atoms with van der Waals surface area (Å²) in [5, 5.41) is 2.25. The number of para-hydroxylation sites is 1. The molecule has 0 spiro atoms. The fourth-order valence-corrected chi connectivity index (χ4v) is 2.31. The van der Waals surface area contributed by atoms with E-state index in [1.165, 1.54) is 0 Å². The lowest BCUT2D eigenvalue weighted by atomic mass is 10.2. The Bertz CT molecular complexity index is 854. The van der Waals surface area contributed by atoms with E-state index in [1.54, 1.807) is 54.7 Å². The van der Waals surface area contributed by atoms with Crippen molar-refractivity contribution in [3.63, 3.8) is 0 Å². The molecule has 0 radical (unpaired) electrons. The van der Waals surface area contributed by atoms with Crippen molar-refractivity contribution in [1.82, 2.24) is 10.4 Å². The van der Waals surface area contributed by atoms with Crippen LogP contribution in [0.3, 0.4) is 0 Å². The number of ether oxygens (including phenoxy) is 1. The molecule has 3 rings (SSSR count). The van der Waals surface area contributed by atoms with Gasteiger partial charge in [-0.15, -0.1) is 0 Å². The lowest BCUT2D eigenvalue weighted by molar-refractivity contribution is 0.0948. The normalized spacial score (nSPS) is 10.2. The molecular formula is C19H16ClN3O2. The number of halogens is 1. The molecule has 126 valence electrons. The zero-order valence-electron chi connectivity index (χ0n) is 13.5. The van der Waals surface area contributed by atoms with Gasteiger partial charge in [-0.05, 0) is 48.5 Å². The van der Waals surface area contributed by atoms with Gasteiger partial charge >= 0.3 is 0 Å². The molecular weight excluding hydrogens is 338 g/mol. The Morgan fingerprint density at radius 1 is 1.04 bits per heavy atom. The smallest absolute Gasteiger partial charge is 0.275 e. The number of carbonyl (C=O) groups excluding carboxylic acids is 1. The summed E-state index contributed by atoms with van der Waals surface area (Å²) < 4.78 is 5.72. The van der Waals surface area contributed by atoms with Gasteiger partial charge in [0.15, 0.2) is 0 Å². The van der Waals surface area contributed by atoms with Gasteiger partial charge in [-0.3, -0.25) is 15.2 Å². The largest absolute Gasteiger partial charge is 0.438 e. The maximum absolute atomic E-state index is 12.6. The standard InChI is InChI=1S/C19H16ClN3O2/c1-23(15-6-3-2-4-7-15)22-18(24)17-8-5-13-21-19(17)25-16-11-9-14(20)10-12-16/h2-13H,1H3,(H,22,24). The van der Waals surface area contributed by atoms with E-state index in [-0.39, 0.29) is 11.8 Å². The van der Waals surface area contributed by atoms with Crippen LogP contribution in [0.25, 0.3) is 0 Å². The molecule has 1 aromatic heterocycles. The van der Waals surface area contributed by atoms with Crippen LogP contribution in [-0.2, 0) is 0 Å². The van der Waals surface area contributed by atoms with Crippen LogP contribution in [0.4, 0.5) is 5.69 Å². The third kappa shape index (κ3) is 4.28. The van der Waals surface area contributed by atoms with Crippen LogP contribution in [0.15, 0.2) is 72.9 Å². The molecule has 5 nitrogen and oxygen atoms in total. The molecule has 1 N–H and O–H groups in total. The van der Waals surface area contributed by atoms with Crippen LogP contribution in [0.1, 0.15) is 10.4 Å². The van der Waals surface area contributed by atoms with E-state index in [0.717, 1.165) is 5.69 Å². The molecule has 0 saturated heterocycles. The predicted molar refractivity (Wildman–Crippen MR) is 98.1 cm³/mol. The first-order valence-electron chi connectivity index (χ1n) is 7.61. The number of hydrogen-bond donors (Lipinski definition) is 1. The Balaban J connectivity index is 1.77. The van der Waals surface area contributed by atoms with Gasteiger partial charge in [0.1, 0.15) is 11.3 Å². The molecule has 1 heterocycles. The molecule has 2 aromatic carbocycles. The minimum atomic E-state index is -0.316. The van der Waals surface area contributed by atoms with E-state index < -0.39 is 0 Å². The van der Waals surface area contributed by atoms with Crippen molar-refractivity contribution in [2.75, 3.05) is 12.1 Å². The summed E-state index contributed by atoms with van der Waals surface area (Å²) in [4.78, 5) is 16.8. The number of rotatable bonds is 5. The summed E-state index contributed by atoms with van der Waals surface area (Å²) in [6, 6.07) is 19.7. The predicted octanol–water partition coefficient (Wildman–Crippen LogP) is 4.31. The second kappa shape index (κ2) is 7.68. The molecule has 0 saturated carbocycles. The van der Waals surface area contributed by atoms with Crippen molar-refractivity contribution >= 4 is 23.2 Å². The highest BCUT2D eigenvalue weighted by Crippen LogP contribution is 2.24. The van der Waals surface area contributed by atoms with Gasteiger partial charge in [0.2, 0.25) is 5.88 Å². The lowest BCUT2D eigenvalue weighted by Crippen LogP contribution is -2.39. The number of benzene rings is 2. The molecule has 3 aromatic rings. The van der Waals surface area contributed by atoms with Crippen molar-refractivity contribution < 1.29 is 9.53 Å². The summed E-state index contributed by atoms with van der Waals surface area (Å²) in [6.07, 6.45) is 1.57. The van der Waals surface area contributed by atoms with Gasteiger partial charge in [0.25, 0.3) is 5.91 Å². The number of anilines is 1. The van der Waals surface area contributed by atoms with E-state index in [2.05, 4.69) is 10.4 Å². The van der Waals surface area contributed by atoms with Crippen LogP contribution in [0, 0.1) is 0 Å². The quantitative estimate of drug-likeness (QED) is 0.694. The second-order valence-corrected chi connectivity index (χ2v) is 5.68. The highest BCUT2D eigenvalue weighted by atomic mass is 35.5. The van der Waals surface area contributed by atoms with Crippen LogP contribution in [0.2, 0.25) is 5.02 Å². The minimum absolute atomic E-state index is 0.226. The van der Waals surface area contributed by atoms with Gasteiger partial charge in [0, 0.05) is 18.3 Å². The topological polar surface area (TPSA) is 54.5 Å². The second-order valence-electron chi connectivity index (χ2n) is 5.25. The summed E-state index contributed by atoms with van der Waals surface area (Å²) >= 11 is 5.87. The number of nitrogens with zero attached hydrogens (tertiary/aromatic N) is 2. The fourth-order valence-electron chi connectivity index (χ4n) is 2.19. The van der Waals surface area contributed by atoms with Crippen molar-refractivity contribution in [3.05, 3.63) is 83.5 Å². The van der Waals surface area contributed by atoms with E-state index in [0.29, 0.717) is 16.3 Å². The van der Waals surface area contributed by atoms with E-state index in [9.17, 15) is 4.79 Å². The number of hydrogen-bond acceptors (Lipinski definition) is 4. The van der Waals surface area contributed by atoms with E-state index in [1.807, 2.05) is 30.3 Å². The lowest BCUT2D eigenvalue weighted by Gasteiger charge is -2.20. The molecule has 1 amide bonds. The van der Waals surface area contributed by atoms with Crippen molar-refractivity contribution in [2.24, 2.45) is 0 Å². The fraction of sp³-hybridized carbons (Fsp3) is 0.0526. The Labute approximate surface area is 150 Å². The molecule has 0 aliphatic heterocycles. The van der Waals surface area contributed by atoms with Gasteiger partial charge in [-0.1, -0.05) is 29.8 Å². The molecule has 0 bridgehead atoms. The molecule has 0 fully saturated rings. The minimum Gasteiger partial charge on any atom is -0.438 e. The summed E-state index contributed by atoms with van der Waals surface area (Å²) in [6.45, 7) is 0. The summed E-state index contributed by atoms with van der Waals surface area (Å²) in [5.41, 5.74) is 4.00. The van der Waals surface area contributed by atoms with Crippen molar-refractivity contribution in [1.29, 1.82) is 0 Å². The number of hydrazine groups is 1. The van der Waals surface area contributed by atoms with E-state index >= 15 is 0 Å². The molecule has 0 aliphatic carbocycles. The zero-order valence-corrected chi connectivity index (χ0v) is 14.3. The van der Waals surface area contributed by atoms with Crippen LogP contribution >= 0.6 is 11.6 Å². The van der Waals surface area contributed by atoms with Gasteiger partial charge in [-0.2, -0.15) is 0 Å². The first-order valence-corrected chi connectivity index (χ1v) is 7.99. The molecule has 6 heteroatoms. The molecule has 0 unspecified atom stereocenters. The number of carbonyl (C=O) groups is 1. The Hall–Kier alpha value is -3.05. The van der Waals surface area contributed by atoms with E-state index in [4.69, 9.17) is 16.3 Å². The Kier molecular flexibility index (Phi) is 5.16. The molecule has 25 heavy (non-hydrogen) atoms. The highest BCUT2D eigenvalue weighted by molar-refractivity contribution is 6.30.